The van der Waals surface area contributed by atoms with E-state index in [0.717, 1.165) is 105 Å². The third-order valence-electron chi connectivity index (χ3n) is 10.0. The van der Waals surface area contributed by atoms with Crippen LogP contribution in [-0.2, 0) is 19.6 Å². The molecule has 3 N–H and O–H groups in total. The Labute approximate surface area is 295 Å². The molecule has 0 saturated carbocycles. The second-order valence-electron chi connectivity index (χ2n) is 13.3. The van der Waals surface area contributed by atoms with Gasteiger partial charge in [-0.15, -0.1) is 13.2 Å². The number of aryl methyl sites for hydroxylation is 1. The van der Waals surface area contributed by atoms with Gasteiger partial charge in [0.15, 0.2) is 0 Å². The number of alkyl halides is 3. The lowest BCUT2D eigenvalue weighted by atomic mass is 10.0. The van der Waals surface area contributed by atoms with Crippen molar-refractivity contribution in [3.63, 3.8) is 0 Å². The minimum Gasteiger partial charge on any atom is -0.406 e. The van der Waals surface area contributed by atoms with Gasteiger partial charge in [-0.05, 0) is 60.4 Å². The number of halogens is 5. The Morgan fingerprint density at radius 3 is 2.37 bits per heavy atom. The van der Waals surface area contributed by atoms with Crippen LogP contribution in [0.25, 0.3) is 22.0 Å². The molecule has 3 aliphatic heterocycles. The van der Waals surface area contributed by atoms with Crippen LogP contribution in [0.3, 0.4) is 0 Å². The summed E-state index contributed by atoms with van der Waals surface area (Å²) in [7, 11) is 0. The second-order valence-corrected chi connectivity index (χ2v) is 14.1. The number of benzene rings is 3. The van der Waals surface area contributed by atoms with E-state index >= 15 is 0 Å². The first kappa shape index (κ1) is 34.2. The Hall–Kier alpha value is -3.25. The van der Waals surface area contributed by atoms with Crippen molar-refractivity contribution in [2.45, 2.75) is 57.0 Å². The zero-order valence-corrected chi connectivity index (χ0v) is 28.7. The Balaban J connectivity index is 1.06. The van der Waals surface area contributed by atoms with Crippen LogP contribution in [0.2, 0.25) is 10.0 Å². The van der Waals surface area contributed by atoms with E-state index in [4.69, 9.17) is 23.2 Å². The summed E-state index contributed by atoms with van der Waals surface area (Å²) in [5.74, 6) is -0.232. The molecule has 3 fully saturated rings. The number of fused-ring (bicyclic) bond motifs is 3. The number of rotatable bonds is 12. The minimum atomic E-state index is -4.73. The van der Waals surface area contributed by atoms with E-state index in [-0.39, 0.29) is 11.8 Å². The fourth-order valence-corrected chi connectivity index (χ4v) is 8.07. The quantitative estimate of drug-likeness (QED) is 0.137. The van der Waals surface area contributed by atoms with Gasteiger partial charge in [0.1, 0.15) is 5.75 Å². The molecule has 2 bridgehead atoms. The molecule has 3 saturated heterocycles. The van der Waals surface area contributed by atoms with Crippen LogP contribution in [0.15, 0.2) is 79.1 Å². The molecule has 0 aliphatic carbocycles. The van der Waals surface area contributed by atoms with Crippen molar-refractivity contribution in [3.05, 3.63) is 100 Å². The van der Waals surface area contributed by atoms with Gasteiger partial charge in [0, 0.05) is 115 Å². The molecule has 49 heavy (non-hydrogen) atoms. The summed E-state index contributed by atoms with van der Waals surface area (Å²) in [6.07, 6.45) is -0.616. The molecule has 3 atom stereocenters. The van der Waals surface area contributed by atoms with Gasteiger partial charge in [0.2, 0.25) is 0 Å². The van der Waals surface area contributed by atoms with E-state index in [0.29, 0.717) is 22.1 Å². The highest BCUT2D eigenvalue weighted by Crippen LogP contribution is 2.37. The van der Waals surface area contributed by atoms with E-state index < -0.39 is 6.36 Å². The number of nitrogens with zero attached hydrogens (tertiary/aromatic N) is 3. The van der Waals surface area contributed by atoms with E-state index in [1.165, 1.54) is 17.7 Å². The monoisotopic (exact) mass is 712 g/mol. The number of hydrogen-bond donors (Lipinski definition) is 3. The fourth-order valence-electron chi connectivity index (χ4n) is 7.56. The van der Waals surface area contributed by atoms with Crippen molar-refractivity contribution < 1.29 is 17.9 Å². The van der Waals surface area contributed by atoms with Crippen molar-refractivity contribution in [2.75, 3.05) is 39.3 Å². The number of nitrogens with one attached hydrogen (secondary N) is 3. The van der Waals surface area contributed by atoms with Gasteiger partial charge in [0.05, 0.1) is 6.04 Å². The summed E-state index contributed by atoms with van der Waals surface area (Å²) in [4.78, 5) is 5.06. The van der Waals surface area contributed by atoms with Crippen molar-refractivity contribution in [1.29, 1.82) is 0 Å². The molecule has 3 aliphatic rings. The zero-order valence-electron chi connectivity index (χ0n) is 27.2. The van der Waals surface area contributed by atoms with Gasteiger partial charge in [-0.2, -0.15) is 0 Å². The average Bonchev–Trinajstić information content (AvgIpc) is 3.77. The molecule has 1 aromatic heterocycles. The lowest BCUT2D eigenvalue weighted by Crippen LogP contribution is -2.51. The normalized spacial score (nSPS) is 21.4. The number of likely N-dealkylation sites (tertiary alicyclic amines) is 2. The van der Waals surface area contributed by atoms with E-state index in [1.807, 2.05) is 18.2 Å². The number of piperazine rings is 2. The lowest BCUT2D eigenvalue weighted by molar-refractivity contribution is -0.274. The van der Waals surface area contributed by atoms with Crippen LogP contribution in [0.5, 0.6) is 5.75 Å². The molecule has 0 spiro atoms. The minimum absolute atomic E-state index is 0.213. The van der Waals surface area contributed by atoms with Gasteiger partial charge >= 0.3 is 6.36 Å². The zero-order chi connectivity index (χ0) is 34.1. The molecule has 3 unspecified atom stereocenters. The van der Waals surface area contributed by atoms with Crippen LogP contribution in [0, 0.1) is 0 Å². The molecule has 4 heterocycles. The van der Waals surface area contributed by atoms with Gasteiger partial charge < -0.3 is 25.3 Å². The molecular weight excluding hydrogens is 672 g/mol. The van der Waals surface area contributed by atoms with E-state index in [1.54, 1.807) is 12.1 Å². The molecule has 4 aromatic rings. The van der Waals surface area contributed by atoms with Crippen molar-refractivity contribution in [2.24, 2.45) is 0 Å². The molecule has 7 nitrogen and oxygen atoms in total. The van der Waals surface area contributed by atoms with Crippen LogP contribution >= 0.6 is 23.2 Å². The molecule has 260 valence electrons. The Bertz CT molecular complexity index is 1770. The number of aromatic nitrogens is 1. The SMILES string of the molecule is C=C(NCCCn1cc(-c2ccc(OC(F)(F)F)cc2)c2cc(CN3CC4CC3CN4Cc3c(Cl)cccc3Cl)ccc21)C1CNCCN1. The van der Waals surface area contributed by atoms with Crippen LogP contribution in [0.1, 0.15) is 24.0 Å². The summed E-state index contributed by atoms with van der Waals surface area (Å²) in [5, 5.41) is 12.8. The maximum atomic E-state index is 12.8. The Morgan fingerprint density at radius 1 is 0.959 bits per heavy atom. The molecule has 7 rings (SSSR count). The fraction of sp³-hybridized carbons (Fsp3) is 0.405. The van der Waals surface area contributed by atoms with Gasteiger partial charge in [-0.25, -0.2) is 0 Å². The largest absolute Gasteiger partial charge is 0.573 e. The molecule has 0 radical (unpaired) electrons. The molecule has 0 amide bonds. The lowest BCUT2D eigenvalue weighted by Gasteiger charge is -2.34. The predicted octanol–water partition coefficient (Wildman–Crippen LogP) is 7.03. The van der Waals surface area contributed by atoms with Crippen LogP contribution < -0.4 is 20.7 Å². The maximum Gasteiger partial charge on any atom is 0.573 e. The summed E-state index contributed by atoms with van der Waals surface area (Å²) < 4.78 is 44.9. The topological polar surface area (TPSA) is 56.7 Å². The Morgan fingerprint density at radius 2 is 1.69 bits per heavy atom. The smallest absolute Gasteiger partial charge is 0.406 e. The van der Waals surface area contributed by atoms with Crippen molar-refractivity contribution >= 4 is 34.1 Å². The first-order chi connectivity index (χ1) is 23.6. The number of ether oxygens (including phenoxy) is 1. The van der Waals surface area contributed by atoms with Crippen molar-refractivity contribution in [1.82, 2.24) is 30.3 Å². The molecule has 12 heteroatoms. The average molecular weight is 714 g/mol. The van der Waals surface area contributed by atoms with Gasteiger partial charge in [-0.1, -0.05) is 54.0 Å². The Kier molecular flexibility index (Phi) is 10.2. The highest BCUT2D eigenvalue weighted by molar-refractivity contribution is 6.36. The first-order valence-corrected chi connectivity index (χ1v) is 17.6. The van der Waals surface area contributed by atoms with Gasteiger partial charge in [0.25, 0.3) is 0 Å². The summed E-state index contributed by atoms with van der Waals surface area (Å²) in [5.41, 5.74) is 6.11. The third-order valence-corrected chi connectivity index (χ3v) is 10.7. The molecular formula is C37H41Cl2F3N6O. The third kappa shape index (κ3) is 7.90. The van der Waals surface area contributed by atoms with E-state index in [9.17, 15) is 13.2 Å². The van der Waals surface area contributed by atoms with Gasteiger partial charge in [-0.3, -0.25) is 9.80 Å². The maximum absolute atomic E-state index is 12.8. The highest BCUT2D eigenvalue weighted by Gasteiger charge is 2.43. The van der Waals surface area contributed by atoms with E-state index in [2.05, 4.69) is 66.0 Å². The number of hydrogen-bond acceptors (Lipinski definition) is 6. The van der Waals surface area contributed by atoms with Crippen molar-refractivity contribution in [3.8, 4) is 16.9 Å². The summed E-state index contributed by atoms with van der Waals surface area (Å²) in [6.45, 7) is 12.1. The van der Waals surface area contributed by atoms with Crippen LogP contribution in [0.4, 0.5) is 13.2 Å². The standard InChI is InChI=1S/C37H41Cl2F3N6O/c1-24(35-18-43-13-14-45-35)44-12-3-15-46-22-31(26-7-9-29(10-8-26)49-37(40,41)42)30-16-25(6-11-36(30)46)19-47-20-28-17-27(47)21-48(28)23-32-33(38)4-2-5-34(32)39/h2,4-11,16,22,27-28,35,43-45H,1,3,12-15,17-21,23H2. The molecule has 3 aromatic carbocycles. The summed E-state index contributed by atoms with van der Waals surface area (Å²) >= 11 is 13.0. The second kappa shape index (κ2) is 14.5. The summed E-state index contributed by atoms with van der Waals surface area (Å²) in [6, 6.07) is 19.6. The van der Waals surface area contributed by atoms with Crippen LogP contribution in [-0.4, -0.2) is 78.1 Å². The predicted molar refractivity (Wildman–Crippen MR) is 190 cm³/mol. The first-order valence-electron chi connectivity index (χ1n) is 16.9. The highest BCUT2D eigenvalue weighted by atomic mass is 35.5.